The van der Waals surface area contributed by atoms with Crippen molar-refractivity contribution in [2.45, 2.75) is 40.2 Å². The van der Waals surface area contributed by atoms with Gasteiger partial charge in [0.15, 0.2) is 0 Å². The van der Waals surface area contributed by atoms with Gasteiger partial charge in [-0.15, -0.1) is 0 Å². The minimum absolute atomic E-state index is 0.0184. The Morgan fingerprint density at radius 1 is 1.19 bits per heavy atom. The highest BCUT2D eigenvalue weighted by molar-refractivity contribution is 8.26. The molecule has 2 aromatic heterocycles. The van der Waals surface area contributed by atoms with Crippen molar-refractivity contribution in [1.82, 2.24) is 14.3 Å². The number of thioether (sulfide) groups is 1. The summed E-state index contributed by atoms with van der Waals surface area (Å²) < 4.78 is 8.00. The maximum absolute atomic E-state index is 13.4. The Morgan fingerprint density at radius 2 is 1.91 bits per heavy atom. The number of aromatic nitrogens is 2. The fourth-order valence-corrected chi connectivity index (χ4v) is 4.83. The van der Waals surface area contributed by atoms with Crippen molar-refractivity contribution in [3.05, 3.63) is 74.5 Å². The van der Waals surface area contributed by atoms with E-state index < -0.39 is 0 Å². The fraction of sp³-hybridized carbons (Fsp3) is 0.250. The Balaban J connectivity index is 1.87. The average Bonchev–Trinajstić information content (AvgIpc) is 3.05. The number of hydrogen-bond acceptors (Lipinski definition) is 6. The molecule has 6 nitrogen and oxygen atoms in total. The van der Waals surface area contributed by atoms with Gasteiger partial charge < -0.3 is 4.74 Å². The van der Waals surface area contributed by atoms with Crippen LogP contribution in [0.3, 0.4) is 0 Å². The molecule has 32 heavy (non-hydrogen) atoms. The molecule has 1 saturated heterocycles. The highest BCUT2D eigenvalue weighted by atomic mass is 32.2. The Morgan fingerprint density at radius 3 is 2.59 bits per heavy atom. The lowest BCUT2D eigenvalue weighted by Crippen LogP contribution is -2.36. The van der Waals surface area contributed by atoms with Crippen molar-refractivity contribution in [2.75, 3.05) is 0 Å². The maximum Gasteiger partial charge on any atom is 0.269 e. The minimum atomic E-state index is -0.311. The molecular formula is C24H23N3O3S2. The molecule has 8 heteroatoms. The second-order valence-electron chi connectivity index (χ2n) is 7.74. The number of ether oxygens (including phenoxy) is 1. The third kappa shape index (κ3) is 4.08. The second-order valence-corrected chi connectivity index (χ2v) is 9.42. The van der Waals surface area contributed by atoms with E-state index in [4.69, 9.17) is 17.0 Å². The molecule has 1 atom stereocenters. The Labute approximate surface area is 195 Å². The molecule has 0 saturated carbocycles. The average molecular weight is 466 g/mol. The maximum atomic E-state index is 13.4. The summed E-state index contributed by atoms with van der Waals surface area (Å²) in [6.45, 7) is 7.82. The lowest BCUT2D eigenvalue weighted by molar-refractivity contribution is -0.123. The van der Waals surface area contributed by atoms with Crippen LogP contribution in [0.25, 0.3) is 11.7 Å². The molecule has 0 bridgehead atoms. The van der Waals surface area contributed by atoms with Crippen molar-refractivity contribution in [3.8, 4) is 11.6 Å². The van der Waals surface area contributed by atoms with Crippen molar-refractivity contribution < 1.29 is 9.53 Å². The van der Waals surface area contributed by atoms with Gasteiger partial charge in [-0.25, -0.2) is 0 Å². The van der Waals surface area contributed by atoms with E-state index in [9.17, 15) is 9.59 Å². The highest BCUT2D eigenvalue weighted by Gasteiger charge is 2.35. The molecule has 1 aliphatic heterocycles. The van der Waals surface area contributed by atoms with Gasteiger partial charge in [0.1, 0.15) is 21.3 Å². The van der Waals surface area contributed by atoms with Gasteiger partial charge in [0.25, 0.3) is 11.5 Å². The van der Waals surface area contributed by atoms with Crippen LogP contribution in [0.2, 0.25) is 0 Å². The number of aryl methyl sites for hydroxylation is 2. The summed E-state index contributed by atoms with van der Waals surface area (Å²) in [5.74, 6) is 0.508. The lowest BCUT2D eigenvalue weighted by atomic mass is 10.2. The first-order chi connectivity index (χ1) is 15.3. The van der Waals surface area contributed by atoms with Gasteiger partial charge in [-0.2, -0.15) is 4.98 Å². The smallest absolute Gasteiger partial charge is 0.269 e. The SMILES string of the molecule is CCC(C)N1C(=O)/C(=C/c2c(Oc3ccc(C)cc3)nc3c(C)cccn3c2=O)SC1=S. The number of amides is 1. The molecule has 3 heterocycles. The second kappa shape index (κ2) is 8.88. The molecule has 1 aromatic carbocycles. The normalized spacial score (nSPS) is 16.2. The number of nitrogens with zero attached hydrogens (tertiary/aromatic N) is 3. The highest BCUT2D eigenvalue weighted by Crippen LogP contribution is 2.35. The van der Waals surface area contributed by atoms with E-state index in [1.807, 2.05) is 58.0 Å². The third-order valence-corrected chi connectivity index (χ3v) is 6.75. The van der Waals surface area contributed by atoms with E-state index in [0.717, 1.165) is 17.5 Å². The predicted molar refractivity (Wildman–Crippen MR) is 132 cm³/mol. The van der Waals surface area contributed by atoms with Crippen LogP contribution in [-0.4, -0.2) is 30.6 Å². The standard InChI is InChI=1S/C24H23N3O3S2/c1-5-16(4)27-23(29)19(32-24(27)31)13-18-21(30-17-10-8-14(2)9-11-17)25-20-15(3)7-6-12-26(20)22(18)28/h6-13,16H,5H2,1-4H3/b19-13-. The first kappa shape index (κ1) is 22.2. The minimum Gasteiger partial charge on any atom is -0.438 e. The van der Waals surface area contributed by atoms with E-state index in [-0.39, 0.29) is 29.0 Å². The van der Waals surface area contributed by atoms with Gasteiger partial charge in [-0.05, 0) is 57.0 Å². The zero-order valence-corrected chi connectivity index (χ0v) is 19.9. The monoisotopic (exact) mass is 465 g/mol. The summed E-state index contributed by atoms with van der Waals surface area (Å²) in [4.78, 5) is 33.1. The third-order valence-electron chi connectivity index (χ3n) is 5.42. The zero-order chi connectivity index (χ0) is 23.0. The van der Waals surface area contributed by atoms with Crippen LogP contribution < -0.4 is 10.3 Å². The molecule has 0 aliphatic carbocycles. The number of fused-ring (bicyclic) bond motifs is 1. The van der Waals surface area contributed by atoms with Crippen molar-refractivity contribution in [2.24, 2.45) is 0 Å². The van der Waals surface area contributed by atoms with Gasteiger partial charge in [0, 0.05) is 12.2 Å². The van der Waals surface area contributed by atoms with Gasteiger partial charge in [-0.3, -0.25) is 18.9 Å². The topological polar surface area (TPSA) is 63.9 Å². The van der Waals surface area contributed by atoms with E-state index in [1.165, 1.54) is 16.2 Å². The summed E-state index contributed by atoms with van der Waals surface area (Å²) in [7, 11) is 0. The molecular weight excluding hydrogens is 442 g/mol. The van der Waals surface area contributed by atoms with Crippen LogP contribution in [-0.2, 0) is 4.79 Å². The van der Waals surface area contributed by atoms with E-state index in [0.29, 0.717) is 20.6 Å². The number of benzene rings is 1. The first-order valence-electron chi connectivity index (χ1n) is 10.3. The van der Waals surface area contributed by atoms with Crippen LogP contribution in [0.4, 0.5) is 0 Å². The van der Waals surface area contributed by atoms with E-state index >= 15 is 0 Å². The number of carbonyl (C=O) groups excluding carboxylic acids is 1. The summed E-state index contributed by atoms with van der Waals surface area (Å²) >= 11 is 6.62. The molecule has 0 radical (unpaired) electrons. The number of thiocarbonyl (C=S) groups is 1. The van der Waals surface area contributed by atoms with Crippen LogP contribution in [0, 0.1) is 13.8 Å². The quantitative estimate of drug-likeness (QED) is 0.386. The van der Waals surface area contributed by atoms with Crippen molar-refractivity contribution in [1.29, 1.82) is 0 Å². The molecule has 4 rings (SSSR count). The van der Waals surface area contributed by atoms with Crippen molar-refractivity contribution >= 4 is 45.9 Å². The summed E-state index contributed by atoms with van der Waals surface area (Å²) in [5, 5.41) is 0. The molecule has 164 valence electrons. The molecule has 1 fully saturated rings. The molecule has 1 amide bonds. The van der Waals surface area contributed by atoms with Crippen LogP contribution in [0.15, 0.2) is 52.3 Å². The summed E-state index contributed by atoms with van der Waals surface area (Å²) in [5.41, 5.74) is 2.33. The number of hydrogen-bond donors (Lipinski definition) is 0. The van der Waals surface area contributed by atoms with Gasteiger partial charge in [0.05, 0.1) is 4.91 Å². The van der Waals surface area contributed by atoms with Crippen LogP contribution in [0.1, 0.15) is 37.0 Å². The van der Waals surface area contributed by atoms with E-state index in [2.05, 4.69) is 4.98 Å². The Bertz CT molecular complexity index is 1310. The molecule has 1 aliphatic rings. The Kier molecular flexibility index (Phi) is 6.17. The fourth-order valence-electron chi connectivity index (χ4n) is 3.38. The van der Waals surface area contributed by atoms with Crippen LogP contribution in [0.5, 0.6) is 11.6 Å². The number of rotatable bonds is 5. The Hall–Kier alpha value is -2.97. The molecule has 3 aromatic rings. The van der Waals surface area contributed by atoms with Gasteiger partial charge in [0.2, 0.25) is 5.88 Å². The molecule has 1 unspecified atom stereocenters. The lowest BCUT2D eigenvalue weighted by Gasteiger charge is -2.21. The molecule has 0 spiro atoms. The van der Waals surface area contributed by atoms with E-state index in [1.54, 1.807) is 23.2 Å². The van der Waals surface area contributed by atoms with Crippen LogP contribution >= 0.6 is 24.0 Å². The molecule has 0 N–H and O–H groups in total. The number of pyridine rings is 1. The van der Waals surface area contributed by atoms with Gasteiger partial charge >= 0.3 is 0 Å². The largest absolute Gasteiger partial charge is 0.438 e. The van der Waals surface area contributed by atoms with Crippen molar-refractivity contribution in [3.63, 3.8) is 0 Å². The summed E-state index contributed by atoms with van der Waals surface area (Å²) in [6.07, 6.45) is 3.99. The first-order valence-corrected chi connectivity index (χ1v) is 11.6. The van der Waals surface area contributed by atoms with Gasteiger partial charge in [-0.1, -0.05) is 54.7 Å². The number of carbonyl (C=O) groups is 1. The predicted octanol–water partition coefficient (Wildman–Crippen LogP) is 5.10. The summed E-state index contributed by atoms with van der Waals surface area (Å²) in [6, 6.07) is 11.1. The zero-order valence-electron chi connectivity index (χ0n) is 18.3.